The molecule has 1 saturated carbocycles. The number of benzene rings is 3. The number of hydrogen-bond donors (Lipinski definition) is 4. The minimum absolute atomic E-state index is 0.166. The zero-order valence-corrected chi connectivity index (χ0v) is 32.0. The Morgan fingerprint density at radius 3 is 2.38 bits per heavy atom. The first-order chi connectivity index (χ1) is 25.2. The largest absolute Gasteiger partial charge is 0.444 e. The van der Waals surface area contributed by atoms with E-state index in [0.717, 1.165) is 54.1 Å². The lowest BCUT2D eigenvalue weighted by Crippen LogP contribution is -2.45. The van der Waals surface area contributed by atoms with Crippen molar-refractivity contribution in [3.05, 3.63) is 83.8 Å². The Morgan fingerprint density at radius 2 is 1.65 bits per heavy atom. The predicted molar refractivity (Wildman–Crippen MR) is 213 cm³/mol. The van der Waals surface area contributed by atoms with Gasteiger partial charge in [-0.25, -0.2) is 9.78 Å². The van der Waals surface area contributed by atoms with E-state index < -0.39 is 17.7 Å². The van der Waals surface area contributed by atoms with Crippen LogP contribution in [0.3, 0.4) is 0 Å². The summed E-state index contributed by atoms with van der Waals surface area (Å²) in [6.07, 6.45) is 14.3. The van der Waals surface area contributed by atoms with Crippen molar-refractivity contribution in [3.8, 4) is 33.5 Å². The summed E-state index contributed by atoms with van der Waals surface area (Å²) in [6, 6.07) is 21.6. The highest BCUT2D eigenvalue weighted by Gasteiger charge is 2.43. The molecule has 3 N–H and O–H groups in total. The number of likely N-dealkylation sites (tertiary alicyclic amines) is 1. The Bertz CT molecular complexity index is 1900. The molecule has 2 aliphatic heterocycles. The quantitative estimate of drug-likeness (QED) is 0.149. The van der Waals surface area contributed by atoms with E-state index in [1.807, 2.05) is 39.1 Å². The number of carbonyl (C=O) groups excluding carboxylic acids is 2. The molecule has 0 bridgehead atoms. The maximum Gasteiger partial charge on any atom is 0.410 e. The van der Waals surface area contributed by atoms with Crippen LogP contribution < -0.4 is 10.6 Å². The lowest BCUT2D eigenvalue weighted by atomic mass is 9.76. The SMILES string of the molecule is CC(C)(C)OC(=O)N1CCCC1C(=O)Nc1cccc(-c2ccc(-c3ccc(-c4cnc(C5CCCN5)[nH]4)cc3)c3c2CCC32CCCC2)c1.CS. The first kappa shape index (κ1) is 36.3. The molecule has 2 unspecified atom stereocenters. The van der Waals surface area contributed by atoms with Gasteiger partial charge in [-0.1, -0.05) is 61.4 Å². The van der Waals surface area contributed by atoms with E-state index in [0.29, 0.717) is 19.0 Å². The molecule has 8 rings (SSSR count). The number of aromatic amines is 1. The van der Waals surface area contributed by atoms with E-state index >= 15 is 0 Å². The van der Waals surface area contributed by atoms with Crippen molar-refractivity contribution in [1.82, 2.24) is 20.2 Å². The third-order valence-corrected chi connectivity index (χ3v) is 11.4. The van der Waals surface area contributed by atoms with Gasteiger partial charge in [0.1, 0.15) is 17.5 Å². The Balaban J connectivity index is 0.00000207. The monoisotopic (exact) mass is 719 g/mol. The van der Waals surface area contributed by atoms with Crippen molar-refractivity contribution >= 4 is 30.3 Å². The first-order valence-corrected chi connectivity index (χ1v) is 20.0. The molecular weight excluding hydrogens is 667 g/mol. The molecule has 52 heavy (non-hydrogen) atoms. The lowest BCUT2D eigenvalue weighted by Gasteiger charge is -2.28. The van der Waals surface area contributed by atoms with E-state index in [4.69, 9.17) is 9.72 Å². The fourth-order valence-electron chi connectivity index (χ4n) is 9.04. The number of carbonyl (C=O) groups is 2. The number of nitrogens with one attached hydrogen (secondary N) is 3. The van der Waals surface area contributed by atoms with Crippen LogP contribution in [0.15, 0.2) is 66.9 Å². The van der Waals surface area contributed by atoms with Crippen molar-refractivity contribution < 1.29 is 14.3 Å². The molecule has 2 amide bonds. The van der Waals surface area contributed by atoms with E-state index in [1.165, 1.54) is 66.3 Å². The summed E-state index contributed by atoms with van der Waals surface area (Å²) in [4.78, 5) is 36.2. The van der Waals surface area contributed by atoms with Gasteiger partial charge >= 0.3 is 6.09 Å². The third-order valence-electron chi connectivity index (χ3n) is 11.4. The fraction of sp³-hybridized carbons (Fsp3) is 0.465. The van der Waals surface area contributed by atoms with Crippen molar-refractivity contribution in [2.24, 2.45) is 0 Å². The van der Waals surface area contributed by atoms with E-state index in [9.17, 15) is 9.59 Å². The van der Waals surface area contributed by atoms with Gasteiger partial charge in [0.25, 0.3) is 0 Å². The topological polar surface area (TPSA) is 99.3 Å². The summed E-state index contributed by atoms with van der Waals surface area (Å²) in [5.74, 6) is 0.865. The average Bonchev–Trinajstić information content (AvgIpc) is 3.99. The van der Waals surface area contributed by atoms with Gasteiger partial charge in [0.05, 0.1) is 17.9 Å². The molecular formula is C43H53N5O3S. The standard InChI is InChI=1S/C42H49N5O3.CH4S/c1-41(2,3)50-40(49)47-24-8-12-36(47)39(48)45-30-10-6-9-29(25-30)31-17-18-32(37-33(31)19-22-42(37)20-4-5-21-42)27-13-15-28(16-14-27)35-26-44-38(46-35)34-11-7-23-43-34;1-2/h6,9-10,13-18,25-26,34,36,43H,4-5,7-8,11-12,19-24H2,1-3H3,(H,44,46)(H,45,48);2H,1H3. The molecule has 2 atom stereocenters. The van der Waals surface area contributed by atoms with Gasteiger partial charge < -0.3 is 20.4 Å². The Labute approximate surface area is 313 Å². The van der Waals surface area contributed by atoms with Gasteiger partial charge in [-0.2, -0.15) is 12.6 Å². The molecule has 3 aromatic carbocycles. The van der Waals surface area contributed by atoms with E-state index in [1.54, 1.807) is 11.2 Å². The molecule has 4 aliphatic rings. The van der Waals surface area contributed by atoms with Crippen LogP contribution >= 0.6 is 12.6 Å². The lowest BCUT2D eigenvalue weighted by molar-refractivity contribution is -0.120. The fourth-order valence-corrected chi connectivity index (χ4v) is 9.04. The summed E-state index contributed by atoms with van der Waals surface area (Å²) in [5, 5.41) is 6.67. The Hall–Kier alpha value is -4.08. The van der Waals surface area contributed by atoms with Gasteiger partial charge in [0, 0.05) is 12.2 Å². The number of anilines is 1. The van der Waals surface area contributed by atoms with Crippen LogP contribution in [0.5, 0.6) is 0 Å². The second kappa shape index (κ2) is 15.1. The number of thiol groups is 1. The number of hydrogen-bond acceptors (Lipinski definition) is 6. The number of H-pyrrole nitrogens is 1. The summed E-state index contributed by atoms with van der Waals surface area (Å²) in [6.45, 7) is 7.13. The van der Waals surface area contributed by atoms with Crippen LogP contribution in [0.2, 0.25) is 0 Å². The number of ether oxygens (including phenoxy) is 1. The van der Waals surface area contributed by atoms with E-state index in [2.05, 4.69) is 76.8 Å². The maximum absolute atomic E-state index is 13.5. The molecule has 2 aliphatic carbocycles. The molecule has 2 saturated heterocycles. The highest BCUT2D eigenvalue weighted by Crippen LogP contribution is 2.55. The molecule has 274 valence electrons. The van der Waals surface area contributed by atoms with Crippen LogP contribution in [0.1, 0.15) is 102 Å². The number of amides is 2. The molecule has 3 fully saturated rings. The first-order valence-electron chi connectivity index (χ1n) is 19.1. The van der Waals surface area contributed by atoms with Gasteiger partial charge in [-0.3, -0.25) is 9.69 Å². The van der Waals surface area contributed by atoms with Crippen LogP contribution in [0.25, 0.3) is 33.5 Å². The summed E-state index contributed by atoms with van der Waals surface area (Å²) < 4.78 is 5.60. The maximum atomic E-state index is 13.5. The highest BCUT2D eigenvalue weighted by atomic mass is 32.1. The summed E-state index contributed by atoms with van der Waals surface area (Å²) in [5.41, 5.74) is 10.5. The number of rotatable bonds is 6. The van der Waals surface area contributed by atoms with Crippen molar-refractivity contribution in [2.45, 2.75) is 108 Å². The predicted octanol–water partition coefficient (Wildman–Crippen LogP) is 9.48. The van der Waals surface area contributed by atoms with Crippen molar-refractivity contribution in [3.63, 3.8) is 0 Å². The molecule has 3 heterocycles. The van der Waals surface area contributed by atoms with Gasteiger partial charge in [-0.05, 0) is 141 Å². The second-order valence-corrected chi connectivity index (χ2v) is 15.8. The summed E-state index contributed by atoms with van der Waals surface area (Å²) >= 11 is 3.53. The zero-order chi connectivity index (χ0) is 36.5. The highest BCUT2D eigenvalue weighted by molar-refractivity contribution is 7.79. The van der Waals surface area contributed by atoms with Crippen molar-refractivity contribution in [1.29, 1.82) is 0 Å². The van der Waals surface area contributed by atoms with E-state index in [-0.39, 0.29) is 11.3 Å². The molecule has 9 heteroatoms. The van der Waals surface area contributed by atoms with Crippen LogP contribution in [0, 0.1) is 0 Å². The number of fused-ring (bicyclic) bond motifs is 2. The minimum atomic E-state index is -0.609. The smallest absolute Gasteiger partial charge is 0.410 e. The van der Waals surface area contributed by atoms with Crippen LogP contribution in [0.4, 0.5) is 10.5 Å². The van der Waals surface area contributed by atoms with Crippen LogP contribution in [-0.4, -0.2) is 57.9 Å². The molecule has 0 radical (unpaired) electrons. The Morgan fingerprint density at radius 1 is 0.904 bits per heavy atom. The second-order valence-electron chi connectivity index (χ2n) is 15.8. The van der Waals surface area contributed by atoms with Gasteiger partial charge in [0.2, 0.25) is 5.91 Å². The number of aromatic nitrogens is 2. The Kier molecular flexibility index (Phi) is 10.5. The third kappa shape index (κ3) is 7.27. The zero-order valence-electron chi connectivity index (χ0n) is 31.1. The van der Waals surface area contributed by atoms with Crippen LogP contribution in [-0.2, 0) is 21.4 Å². The van der Waals surface area contributed by atoms with Crippen molar-refractivity contribution in [2.75, 3.05) is 24.7 Å². The number of nitrogens with zero attached hydrogens (tertiary/aromatic N) is 2. The number of imidazole rings is 1. The normalized spacial score (nSPS) is 20.4. The molecule has 1 spiro atoms. The average molecular weight is 720 g/mol. The molecule has 1 aromatic heterocycles. The molecule has 4 aromatic rings. The minimum Gasteiger partial charge on any atom is -0.444 e. The van der Waals surface area contributed by atoms with Gasteiger partial charge in [-0.15, -0.1) is 0 Å². The van der Waals surface area contributed by atoms with Gasteiger partial charge in [0.15, 0.2) is 0 Å². The summed E-state index contributed by atoms with van der Waals surface area (Å²) in [7, 11) is 0. The molecule has 8 nitrogen and oxygen atoms in total.